The Hall–Kier alpha value is -1.91. The van der Waals surface area contributed by atoms with E-state index < -0.39 is 5.97 Å². The van der Waals surface area contributed by atoms with Crippen molar-refractivity contribution >= 4 is 11.9 Å². The van der Waals surface area contributed by atoms with Crippen molar-refractivity contribution < 1.29 is 14.7 Å². The highest BCUT2D eigenvalue weighted by Crippen LogP contribution is 2.38. The van der Waals surface area contributed by atoms with Crippen molar-refractivity contribution in [3.63, 3.8) is 0 Å². The number of nitrogens with zero attached hydrogens (tertiary/aromatic N) is 2. The lowest BCUT2D eigenvalue weighted by molar-refractivity contribution is 0.0653. The highest BCUT2D eigenvalue weighted by molar-refractivity contribution is 6.03. The molecule has 0 radical (unpaired) electrons. The highest BCUT2D eigenvalue weighted by Gasteiger charge is 2.41. The van der Waals surface area contributed by atoms with E-state index in [-0.39, 0.29) is 23.2 Å². The van der Waals surface area contributed by atoms with Crippen LogP contribution in [0.2, 0.25) is 0 Å². The molecule has 5 nitrogen and oxygen atoms in total. The van der Waals surface area contributed by atoms with Gasteiger partial charge in [-0.25, -0.2) is 4.79 Å². The number of hydrogen-bond donors (Lipinski definition) is 1. The molecule has 3 rings (SSSR count). The first-order chi connectivity index (χ1) is 8.66. The first kappa shape index (κ1) is 11.2. The van der Waals surface area contributed by atoms with Crippen molar-refractivity contribution in [2.45, 2.75) is 25.3 Å². The monoisotopic (exact) mass is 246 g/mol. The van der Waals surface area contributed by atoms with Crippen molar-refractivity contribution in [3.05, 3.63) is 29.6 Å². The normalized spacial score (nSPS) is 25.4. The average molecular weight is 246 g/mol. The van der Waals surface area contributed by atoms with Gasteiger partial charge in [0.1, 0.15) is 5.69 Å². The summed E-state index contributed by atoms with van der Waals surface area (Å²) in [5.41, 5.74) is 0.0582. The Morgan fingerprint density at radius 3 is 2.83 bits per heavy atom. The zero-order valence-corrected chi connectivity index (χ0v) is 9.87. The number of piperidine rings is 1. The summed E-state index contributed by atoms with van der Waals surface area (Å²) in [6, 6.07) is 3.25. The standard InChI is InChI=1S/C13H14N2O3/c16-12(15-7-8-3-4-9(15)6-8)11-10(13(17)18)2-1-5-14-11/h1-2,5,8-9H,3-4,6-7H2,(H,17,18). The van der Waals surface area contributed by atoms with Crippen LogP contribution in [-0.2, 0) is 0 Å². The summed E-state index contributed by atoms with van der Waals surface area (Å²) in [4.78, 5) is 29.2. The van der Waals surface area contributed by atoms with Gasteiger partial charge in [-0.15, -0.1) is 0 Å². The largest absolute Gasteiger partial charge is 0.478 e. The van der Waals surface area contributed by atoms with Crippen LogP contribution >= 0.6 is 0 Å². The second-order valence-corrected chi connectivity index (χ2v) is 5.00. The van der Waals surface area contributed by atoms with E-state index in [1.807, 2.05) is 0 Å². The van der Waals surface area contributed by atoms with Gasteiger partial charge in [-0.05, 0) is 37.3 Å². The Morgan fingerprint density at radius 1 is 1.39 bits per heavy atom. The Bertz CT molecular complexity index is 515. The molecule has 1 N–H and O–H groups in total. The second-order valence-electron chi connectivity index (χ2n) is 5.00. The second kappa shape index (κ2) is 4.08. The minimum atomic E-state index is -1.10. The fourth-order valence-electron chi connectivity index (χ4n) is 3.06. The molecule has 5 heteroatoms. The Kier molecular flexibility index (Phi) is 2.54. The number of rotatable bonds is 2. The van der Waals surface area contributed by atoms with Crippen molar-refractivity contribution in [1.29, 1.82) is 0 Å². The van der Waals surface area contributed by atoms with Gasteiger partial charge in [0.25, 0.3) is 5.91 Å². The highest BCUT2D eigenvalue weighted by atomic mass is 16.4. The van der Waals surface area contributed by atoms with Crippen molar-refractivity contribution in [2.24, 2.45) is 5.92 Å². The van der Waals surface area contributed by atoms with E-state index >= 15 is 0 Å². The summed E-state index contributed by atoms with van der Waals surface area (Å²) < 4.78 is 0. The lowest BCUT2D eigenvalue weighted by Gasteiger charge is -2.26. The van der Waals surface area contributed by atoms with Gasteiger partial charge >= 0.3 is 5.97 Å². The minimum Gasteiger partial charge on any atom is -0.478 e. The number of carboxylic acid groups (broad SMARTS) is 1. The molecule has 2 fully saturated rings. The molecule has 1 aliphatic carbocycles. The fraction of sp³-hybridized carbons (Fsp3) is 0.462. The number of likely N-dealkylation sites (tertiary alicyclic amines) is 1. The molecule has 2 atom stereocenters. The van der Waals surface area contributed by atoms with Crippen molar-refractivity contribution in [3.8, 4) is 0 Å². The van der Waals surface area contributed by atoms with E-state index in [0.29, 0.717) is 5.92 Å². The number of hydrogen-bond acceptors (Lipinski definition) is 3. The number of aromatic nitrogens is 1. The minimum absolute atomic E-state index is 0.00901. The summed E-state index contributed by atoms with van der Waals surface area (Å²) in [7, 11) is 0. The van der Waals surface area contributed by atoms with Gasteiger partial charge in [-0.2, -0.15) is 0 Å². The third-order valence-electron chi connectivity index (χ3n) is 3.91. The molecule has 1 aromatic rings. The van der Waals surface area contributed by atoms with Crippen LogP contribution in [0.5, 0.6) is 0 Å². The predicted molar refractivity (Wildman–Crippen MR) is 63.4 cm³/mol. The molecule has 18 heavy (non-hydrogen) atoms. The molecular formula is C13H14N2O3. The van der Waals surface area contributed by atoms with Crippen LogP contribution in [0.15, 0.2) is 18.3 Å². The zero-order chi connectivity index (χ0) is 12.7. The van der Waals surface area contributed by atoms with E-state index in [2.05, 4.69) is 4.98 Å². The third-order valence-corrected chi connectivity index (χ3v) is 3.91. The quantitative estimate of drug-likeness (QED) is 0.856. The average Bonchev–Trinajstić information content (AvgIpc) is 3.00. The molecular weight excluding hydrogens is 232 g/mol. The topological polar surface area (TPSA) is 70.5 Å². The number of carbonyl (C=O) groups excluding carboxylic acids is 1. The van der Waals surface area contributed by atoms with Gasteiger partial charge in [-0.3, -0.25) is 9.78 Å². The number of carbonyl (C=O) groups is 2. The molecule has 94 valence electrons. The van der Waals surface area contributed by atoms with E-state index in [0.717, 1.165) is 19.4 Å². The molecule has 1 saturated heterocycles. The van der Waals surface area contributed by atoms with E-state index in [1.165, 1.54) is 24.8 Å². The van der Waals surface area contributed by atoms with Crippen LogP contribution in [0.25, 0.3) is 0 Å². The number of aromatic carboxylic acids is 1. The van der Waals surface area contributed by atoms with Gasteiger partial charge in [-0.1, -0.05) is 0 Å². The zero-order valence-electron chi connectivity index (χ0n) is 9.87. The molecule has 2 unspecified atom stereocenters. The molecule has 1 aromatic heterocycles. The summed E-state index contributed by atoms with van der Waals surface area (Å²) in [5.74, 6) is -0.744. The van der Waals surface area contributed by atoms with Crippen LogP contribution in [0.4, 0.5) is 0 Å². The SMILES string of the molecule is O=C(O)c1cccnc1C(=O)N1CC2CCC1C2. The van der Waals surface area contributed by atoms with Crippen molar-refractivity contribution in [1.82, 2.24) is 9.88 Å². The van der Waals surface area contributed by atoms with E-state index in [1.54, 1.807) is 4.90 Å². The van der Waals surface area contributed by atoms with Gasteiger partial charge in [0.05, 0.1) is 5.56 Å². The number of amides is 1. The molecule has 1 amide bonds. The number of carboxylic acids is 1. The summed E-state index contributed by atoms with van der Waals surface area (Å²) >= 11 is 0. The number of fused-ring (bicyclic) bond motifs is 2. The third kappa shape index (κ3) is 1.66. The molecule has 1 aliphatic heterocycles. The van der Waals surface area contributed by atoms with Crippen LogP contribution in [0.1, 0.15) is 40.1 Å². The Morgan fingerprint density at radius 2 is 2.22 bits per heavy atom. The van der Waals surface area contributed by atoms with Gasteiger partial charge in [0.2, 0.25) is 0 Å². The fourth-order valence-corrected chi connectivity index (χ4v) is 3.06. The van der Waals surface area contributed by atoms with Gasteiger partial charge in [0, 0.05) is 18.8 Å². The first-order valence-corrected chi connectivity index (χ1v) is 6.16. The molecule has 0 spiro atoms. The molecule has 2 heterocycles. The lowest BCUT2D eigenvalue weighted by atomic mass is 10.1. The van der Waals surface area contributed by atoms with Crippen LogP contribution < -0.4 is 0 Å². The lowest BCUT2D eigenvalue weighted by Crippen LogP contribution is -2.38. The van der Waals surface area contributed by atoms with E-state index in [9.17, 15) is 9.59 Å². The van der Waals surface area contributed by atoms with Crippen LogP contribution in [0, 0.1) is 5.92 Å². The van der Waals surface area contributed by atoms with E-state index in [4.69, 9.17) is 5.11 Å². The molecule has 0 aromatic carbocycles. The van der Waals surface area contributed by atoms with Crippen LogP contribution in [0.3, 0.4) is 0 Å². The summed E-state index contributed by atoms with van der Waals surface area (Å²) in [6.45, 7) is 0.749. The summed E-state index contributed by atoms with van der Waals surface area (Å²) in [5, 5.41) is 9.08. The van der Waals surface area contributed by atoms with Gasteiger partial charge in [0.15, 0.2) is 0 Å². The van der Waals surface area contributed by atoms with Gasteiger partial charge < -0.3 is 10.0 Å². The number of pyridine rings is 1. The molecule has 2 bridgehead atoms. The molecule has 2 aliphatic rings. The smallest absolute Gasteiger partial charge is 0.338 e. The maximum atomic E-state index is 12.4. The maximum Gasteiger partial charge on any atom is 0.338 e. The van der Waals surface area contributed by atoms with Crippen LogP contribution in [-0.4, -0.2) is 39.5 Å². The van der Waals surface area contributed by atoms with Crippen molar-refractivity contribution in [2.75, 3.05) is 6.54 Å². The summed E-state index contributed by atoms with van der Waals surface area (Å²) in [6.07, 6.45) is 4.74. The predicted octanol–water partition coefficient (Wildman–Crippen LogP) is 1.40. The Balaban J connectivity index is 1.91. The maximum absolute atomic E-state index is 12.4. The molecule has 1 saturated carbocycles. The Labute approximate surface area is 104 Å². The first-order valence-electron chi connectivity index (χ1n) is 6.16.